The van der Waals surface area contributed by atoms with Gasteiger partial charge in [-0.2, -0.15) is 9.97 Å². The summed E-state index contributed by atoms with van der Waals surface area (Å²) in [6.45, 7) is 7.56. The lowest BCUT2D eigenvalue weighted by atomic mass is 9.50. The van der Waals surface area contributed by atoms with Crippen molar-refractivity contribution in [1.29, 1.82) is 5.41 Å². The van der Waals surface area contributed by atoms with Gasteiger partial charge in [0, 0.05) is 69.4 Å². The second-order valence-corrected chi connectivity index (χ2v) is 16.5. The normalized spacial score (nSPS) is 28.3. The lowest BCUT2D eigenvalue weighted by Gasteiger charge is -2.63. The van der Waals surface area contributed by atoms with Crippen LogP contribution in [0.3, 0.4) is 0 Å². The number of halogens is 1. The molecule has 14 heteroatoms. The molecule has 2 aliphatic carbocycles. The minimum atomic E-state index is -0.733. The van der Waals surface area contributed by atoms with E-state index in [-0.39, 0.29) is 57.2 Å². The van der Waals surface area contributed by atoms with Crippen molar-refractivity contribution in [3.63, 3.8) is 0 Å². The number of piperidine rings is 1. The first-order valence-corrected chi connectivity index (χ1v) is 19.6. The third-order valence-electron chi connectivity index (χ3n) is 12.3. The third kappa shape index (κ3) is 5.86. The van der Waals surface area contributed by atoms with Gasteiger partial charge in [-0.15, -0.1) is 0 Å². The number of nitrogens with two attached hydrogens (primary N) is 1. The van der Waals surface area contributed by atoms with Gasteiger partial charge in [-0.1, -0.05) is 6.42 Å². The maximum atomic E-state index is 17.1. The molecule has 51 heavy (non-hydrogen) atoms. The smallest absolute Gasteiger partial charge is 0.319 e. The number of nitrogens with one attached hydrogen (secondary N) is 2. The van der Waals surface area contributed by atoms with Gasteiger partial charge in [-0.05, 0) is 94.4 Å². The number of aliphatic hydroxyl groups excluding tert-OH is 1. The molecule has 2 atom stereocenters. The number of fused-ring (bicyclic) bond motifs is 2. The fraction of sp³-hybridized carbons (Fsp3) is 0.622. The van der Waals surface area contributed by atoms with Crippen LogP contribution < -0.4 is 25.4 Å². The zero-order valence-corrected chi connectivity index (χ0v) is 30.9. The lowest BCUT2D eigenvalue weighted by molar-refractivity contribution is -0.0805. The van der Waals surface area contributed by atoms with Crippen molar-refractivity contribution in [3.8, 4) is 23.1 Å². The quantitative estimate of drug-likeness (QED) is 0.0838. The van der Waals surface area contributed by atoms with E-state index in [4.69, 9.17) is 35.3 Å². The Morgan fingerprint density at radius 3 is 2.65 bits per heavy atom. The Morgan fingerprint density at radius 1 is 1.20 bits per heavy atom. The van der Waals surface area contributed by atoms with Gasteiger partial charge in [0.2, 0.25) is 5.88 Å². The summed E-state index contributed by atoms with van der Waals surface area (Å²) in [5.41, 5.74) is 8.82. The van der Waals surface area contributed by atoms with E-state index in [1.807, 2.05) is 20.8 Å². The molecular weight excluding hydrogens is 674 g/mol. The van der Waals surface area contributed by atoms with Crippen molar-refractivity contribution >= 4 is 39.4 Å². The number of methoxy groups -OCH3 is 1. The number of aliphatic hydroxyl groups is 1. The van der Waals surface area contributed by atoms with Gasteiger partial charge in [-0.3, -0.25) is 4.21 Å². The first-order chi connectivity index (χ1) is 24.5. The van der Waals surface area contributed by atoms with E-state index in [2.05, 4.69) is 10.3 Å². The standard InChI is InChI=1S/C37H50FN7O5S/c1-5-49-13-12-45(21-46)32-28-31(29(38)30(42-33(28)48-4)27-23(3)22(2)14-26(40)25(27)17-39)43-34(44-32)50-18-36-8-6-10-37(36,41-11-7-9-36)24-15-35(16-24)19-51(47)20-35/h14,17,24,39,41,46H,5-13,15-16,18-21,40H2,1-4H3. The maximum Gasteiger partial charge on any atom is 0.319 e. The van der Waals surface area contributed by atoms with Crippen molar-refractivity contribution in [3.05, 3.63) is 28.6 Å². The summed E-state index contributed by atoms with van der Waals surface area (Å²) >= 11 is 0. The number of hydrogen-bond donors (Lipinski definition) is 4. The summed E-state index contributed by atoms with van der Waals surface area (Å²) in [6, 6.07) is 1.76. The SMILES string of the molecule is CCOCCN(CO)c1nc(OCC23CCCNC2(C2CC4(C2)CS(=O)C4)CCC3)nc2c(F)c(-c3c(C)c(C)cc(N)c3C=N)nc(OC)c12. The Bertz CT molecular complexity index is 1860. The summed E-state index contributed by atoms with van der Waals surface area (Å²) < 4.78 is 47.1. The molecule has 2 unspecified atom stereocenters. The second-order valence-electron chi connectivity index (χ2n) is 15.0. The van der Waals surface area contributed by atoms with Crippen LogP contribution in [0, 0.1) is 41.8 Å². The number of anilines is 2. The summed E-state index contributed by atoms with van der Waals surface area (Å²) in [4.78, 5) is 15.7. The Hall–Kier alpha value is -3.46. The molecule has 0 radical (unpaired) electrons. The van der Waals surface area contributed by atoms with E-state index in [0.29, 0.717) is 42.6 Å². The van der Waals surface area contributed by atoms with Crippen LogP contribution >= 0.6 is 0 Å². The molecular formula is C37H50FN7O5S. The van der Waals surface area contributed by atoms with E-state index < -0.39 is 23.3 Å². The van der Waals surface area contributed by atoms with E-state index in [1.54, 1.807) is 11.0 Å². The van der Waals surface area contributed by atoms with Crippen LogP contribution in [0.5, 0.6) is 11.9 Å². The van der Waals surface area contributed by atoms with Crippen molar-refractivity contribution in [2.45, 2.75) is 71.3 Å². The Labute approximate surface area is 301 Å². The fourth-order valence-electron chi connectivity index (χ4n) is 9.72. The minimum absolute atomic E-state index is 0.00145. The fourth-order valence-corrected chi connectivity index (χ4v) is 11.5. The molecule has 2 aliphatic heterocycles. The van der Waals surface area contributed by atoms with Gasteiger partial charge in [0.15, 0.2) is 11.6 Å². The van der Waals surface area contributed by atoms with Crippen LogP contribution in [0.4, 0.5) is 15.9 Å². The predicted octanol–water partition coefficient (Wildman–Crippen LogP) is 4.66. The van der Waals surface area contributed by atoms with Crippen molar-refractivity contribution in [2.75, 3.05) is 68.9 Å². The van der Waals surface area contributed by atoms with Crippen LogP contribution in [0.15, 0.2) is 6.07 Å². The summed E-state index contributed by atoms with van der Waals surface area (Å²) in [5, 5.41) is 22.9. The van der Waals surface area contributed by atoms with Crippen LogP contribution in [0.1, 0.15) is 68.6 Å². The number of nitrogens with zero attached hydrogens (tertiary/aromatic N) is 4. The molecule has 5 N–H and O–H groups in total. The highest BCUT2D eigenvalue weighted by molar-refractivity contribution is 7.86. The van der Waals surface area contributed by atoms with Gasteiger partial charge < -0.3 is 40.7 Å². The zero-order valence-electron chi connectivity index (χ0n) is 30.1. The maximum absolute atomic E-state index is 17.1. The van der Waals surface area contributed by atoms with Crippen molar-refractivity contribution in [1.82, 2.24) is 20.3 Å². The molecule has 4 aliphatic rings. The molecule has 0 amide bonds. The van der Waals surface area contributed by atoms with Gasteiger partial charge in [0.1, 0.15) is 23.3 Å². The molecule has 1 spiro atoms. The monoisotopic (exact) mass is 723 g/mol. The van der Waals surface area contributed by atoms with Crippen LogP contribution in [0.25, 0.3) is 22.2 Å². The largest absolute Gasteiger partial charge is 0.480 e. The second kappa shape index (κ2) is 13.8. The highest BCUT2D eigenvalue weighted by Crippen LogP contribution is 2.64. The number of aryl methyl sites for hydroxylation is 1. The van der Waals surface area contributed by atoms with Crippen molar-refractivity contribution < 1.29 is 27.9 Å². The molecule has 1 aromatic carbocycles. The number of ether oxygens (including phenoxy) is 3. The molecule has 4 heterocycles. The topological polar surface area (TPSA) is 169 Å². The molecule has 4 fully saturated rings. The number of benzene rings is 1. The third-order valence-corrected chi connectivity index (χ3v) is 14.2. The van der Waals surface area contributed by atoms with Crippen molar-refractivity contribution in [2.24, 2.45) is 16.7 Å². The summed E-state index contributed by atoms with van der Waals surface area (Å²) in [6.07, 6.45) is 8.48. The van der Waals surface area contributed by atoms with Gasteiger partial charge >= 0.3 is 6.01 Å². The number of nitrogen functional groups attached to an aromatic ring is 1. The molecule has 276 valence electrons. The molecule has 7 rings (SSSR count). The van der Waals surface area contributed by atoms with E-state index in [1.165, 1.54) is 7.11 Å². The van der Waals surface area contributed by atoms with Crippen LogP contribution in [0.2, 0.25) is 0 Å². The Kier molecular flexibility index (Phi) is 9.74. The molecule has 3 aromatic rings. The first kappa shape index (κ1) is 35.9. The highest BCUT2D eigenvalue weighted by atomic mass is 32.2. The summed E-state index contributed by atoms with van der Waals surface area (Å²) in [7, 11) is 0.765. The van der Waals surface area contributed by atoms with Gasteiger partial charge in [-0.25, -0.2) is 9.37 Å². The molecule has 0 bridgehead atoms. The number of aromatic nitrogens is 3. The van der Waals surface area contributed by atoms with Gasteiger partial charge in [0.25, 0.3) is 0 Å². The molecule has 12 nitrogen and oxygen atoms in total. The lowest BCUT2D eigenvalue weighted by Crippen LogP contribution is -2.70. The number of hydrogen-bond acceptors (Lipinski definition) is 12. The zero-order chi connectivity index (χ0) is 36.1. The predicted molar refractivity (Wildman–Crippen MR) is 197 cm³/mol. The van der Waals surface area contributed by atoms with Crippen LogP contribution in [-0.2, 0) is 15.5 Å². The average molecular weight is 724 g/mol. The number of rotatable bonds is 13. The molecule has 2 saturated heterocycles. The molecule has 2 aromatic heterocycles. The average Bonchev–Trinajstić information content (AvgIpc) is 3.48. The Morgan fingerprint density at radius 2 is 1.96 bits per heavy atom. The van der Waals surface area contributed by atoms with E-state index >= 15 is 4.39 Å². The molecule has 2 saturated carbocycles. The first-order valence-electron chi connectivity index (χ1n) is 18.1. The van der Waals surface area contributed by atoms with Crippen LogP contribution in [-0.4, -0.2) is 94.3 Å². The number of pyridine rings is 1. The Balaban J connectivity index is 1.33. The van der Waals surface area contributed by atoms with E-state index in [0.717, 1.165) is 80.3 Å². The minimum Gasteiger partial charge on any atom is -0.480 e. The van der Waals surface area contributed by atoms with Gasteiger partial charge in [0.05, 0.1) is 20.3 Å². The highest BCUT2D eigenvalue weighted by Gasteiger charge is 2.66. The van der Waals surface area contributed by atoms with E-state index in [9.17, 15) is 9.32 Å². The summed E-state index contributed by atoms with van der Waals surface area (Å²) in [5.74, 6) is 1.68.